The zero-order chi connectivity index (χ0) is 16.4. The molecule has 0 amide bonds. The van der Waals surface area contributed by atoms with Gasteiger partial charge < -0.3 is 10.1 Å². The van der Waals surface area contributed by atoms with E-state index in [1.54, 1.807) is 6.07 Å². The fourth-order valence-electron chi connectivity index (χ4n) is 2.15. The molecule has 22 heavy (non-hydrogen) atoms. The molecule has 2 aromatic heterocycles. The van der Waals surface area contributed by atoms with Gasteiger partial charge >= 0.3 is 0 Å². The lowest BCUT2D eigenvalue weighted by atomic mass is 10.2. The van der Waals surface area contributed by atoms with E-state index in [-0.39, 0.29) is 24.4 Å². The van der Waals surface area contributed by atoms with E-state index in [0.29, 0.717) is 5.15 Å². The van der Waals surface area contributed by atoms with Crippen molar-refractivity contribution in [3.63, 3.8) is 0 Å². The Kier molecular flexibility index (Phi) is 4.65. The summed E-state index contributed by atoms with van der Waals surface area (Å²) in [7, 11) is 0. The van der Waals surface area contributed by atoms with Crippen LogP contribution >= 0.6 is 11.6 Å². The van der Waals surface area contributed by atoms with Crippen LogP contribution in [0.5, 0.6) is 0 Å². The number of aromatic nitrogens is 3. The lowest BCUT2D eigenvalue weighted by molar-refractivity contribution is 0.522. The van der Waals surface area contributed by atoms with Crippen LogP contribution in [0.4, 0.5) is 5.69 Å². The van der Waals surface area contributed by atoms with Crippen molar-refractivity contribution in [1.29, 1.82) is 10.8 Å². The molecule has 0 aromatic carbocycles. The van der Waals surface area contributed by atoms with Gasteiger partial charge in [-0.2, -0.15) is 5.10 Å². The summed E-state index contributed by atoms with van der Waals surface area (Å²) in [5.41, 5.74) is 3.12. The highest BCUT2D eigenvalue weighted by Gasteiger charge is 2.16. The van der Waals surface area contributed by atoms with E-state index in [2.05, 4.69) is 15.4 Å². The second-order valence-corrected chi connectivity index (χ2v) is 5.64. The maximum Gasteiger partial charge on any atom is 0.208 e. The first-order valence-electron chi connectivity index (χ1n) is 6.89. The lowest BCUT2D eigenvalue weighted by Gasteiger charge is -2.13. The maximum atomic E-state index is 7.68. The molecule has 0 fully saturated rings. The standard InChI is InChI=1S/C14H19ClN6O/c1-7(2)21-14-10(18-6-12(17)22-9(4)16)5-11(15)19-13(14)8(3)20-21/h5,7,16-17H,6H2,1-4H3,(H,18,19). The summed E-state index contributed by atoms with van der Waals surface area (Å²) in [4.78, 5) is 4.34. The van der Waals surface area contributed by atoms with E-state index < -0.39 is 0 Å². The van der Waals surface area contributed by atoms with Gasteiger partial charge in [0.1, 0.15) is 16.2 Å². The number of ether oxygens (including phenoxy) is 1. The Morgan fingerprint density at radius 1 is 1.45 bits per heavy atom. The molecule has 0 saturated carbocycles. The summed E-state index contributed by atoms with van der Waals surface area (Å²) in [5.74, 6) is -0.0614. The number of nitrogens with one attached hydrogen (secondary N) is 3. The number of nitrogens with zero attached hydrogens (tertiary/aromatic N) is 3. The van der Waals surface area contributed by atoms with Crippen molar-refractivity contribution in [1.82, 2.24) is 14.8 Å². The normalized spacial score (nSPS) is 11.0. The molecule has 0 spiro atoms. The summed E-state index contributed by atoms with van der Waals surface area (Å²) in [6, 6.07) is 1.87. The Hall–Kier alpha value is -2.15. The minimum Gasteiger partial charge on any atom is -0.428 e. The summed E-state index contributed by atoms with van der Waals surface area (Å²) < 4.78 is 6.81. The van der Waals surface area contributed by atoms with E-state index in [0.717, 1.165) is 22.4 Å². The van der Waals surface area contributed by atoms with Gasteiger partial charge in [0.15, 0.2) is 5.90 Å². The summed E-state index contributed by atoms with van der Waals surface area (Å²) in [6.07, 6.45) is 0. The van der Waals surface area contributed by atoms with Gasteiger partial charge in [-0.05, 0) is 20.8 Å². The molecule has 0 unspecified atom stereocenters. The highest BCUT2D eigenvalue weighted by molar-refractivity contribution is 6.30. The van der Waals surface area contributed by atoms with Crippen LogP contribution in [0.2, 0.25) is 5.15 Å². The second kappa shape index (κ2) is 6.31. The predicted octanol–water partition coefficient (Wildman–Crippen LogP) is 3.38. The number of fused-ring (bicyclic) bond motifs is 1. The summed E-state index contributed by atoms with van der Waals surface area (Å²) in [5, 5.41) is 22.9. The highest BCUT2D eigenvalue weighted by atomic mass is 35.5. The molecule has 118 valence electrons. The second-order valence-electron chi connectivity index (χ2n) is 5.25. The number of halogens is 1. The van der Waals surface area contributed by atoms with Crippen LogP contribution in [0.1, 0.15) is 32.5 Å². The fourth-order valence-corrected chi connectivity index (χ4v) is 2.35. The topological polar surface area (TPSA) is 99.7 Å². The molecule has 2 rings (SSSR count). The molecular formula is C14H19ClN6O. The van der Waals surface area contributed by atoms with Gasteiger partial charge in [0.25, 0.3) is 0 Å². The van der Waals surface area contributed by atoms with Crippen LogP contribution in [0, 0.1) is 17.7 Å². The number of rotatable bonds is 4. The average Bonchev–Trinajstić information content (AvgIpc) is 2.73. The number of pyridine rings is 1. The van der Waals surface area contributed by atoms with Crippen LogP contribution in [-0.2, 0) is 4.74 Å². The highest BCUT2D eigenvalue weighted by Crippen LogP contribution is 2.29. The molecule has 0 aliphatic carbocycles. The van der Waals surface area contributed by atoms with E-state index >= 15 is 0 Å². The van der Waals surface area contributed by atoms with E-state index in [1.807, 2.05) is 25.5 Å². The summed E-state index contributed by atoms with van der Waals surface area (Å²) >= 11 is 6.08. The quantitative estimate of drug-likeness (QED) is 0.456. The Morgan fingerprint density at radius 3 is 2.73 bits per heavy atom. The largest absolute Gasteiger partial charge is 0.428 e. The van der Waals surface area contributed by atoms with Crippen molar-refractivity contribution >= 4 is 40.1 Å². The van der Waals surface area contributed by atoms with Crippen molar-refractivity contribution < 1.29 is 4.74 Å². The molecule has 2 heterocycles. The van der Waals surface area contributed by atoms with E-state index in [4.69, 9.17) is 27.2 Å². The van der Waals surface area contributed by atoms with Crippen LogP contribution in [0.3, 0.4) is 0 Å². The molecule has 7 nitrogen and oxygen atoms in total. The Morgan fingerprint density at radius 2 is 2.14 bits per heavy atom. The van der Waals surface area contributed by atoms with Gasteiger partial charge in [-0.25, -0.2) is 4.98 Å². The number of hydrogen-bond donors (Lipinski definition) is 3. The van der Waals surface area contributed by atoms with Crippen LogP contribution in [0.15, 0.2) is 6.07 Å². The fraction of sp³-hybridized carbons (Fsp3) is 0.429. The first-order valence-corrected chi connectivity index (χ1v) is 7.27. The third kappa shape index (κ3) is 3.36. The van der Waals surface area contributed by atoms with Crippen molar-refractivity contribution in [2.24, 2.45) is 0 Å². The zero-order valence-electron chi connectivity index (χ0n) is 13.0. The third-order valence-corrected chi connectivity index (χ3v) is 3.19. The molecule has 0 saturated heterocycles. The number of anilines is 1. The minimum absolute atomic E-state index is 0.0206. The maximum absolute atomic E-state index is 7.68. The number of hydrogen-bond acceptors (Lipinski definition) is 6. The van der Waals surface area contributed by atoms with Gasteiger partial charge in [-0.3, -0.25) is 15.5 Å². The van der Waals surface area contributed by atoms with Crippen LogP contribution in [0.25, 0.3) is 11.0 Å². The van der Waals surface area contributed by atoms with Gasteiger partial charge in [-0.15, -0.1) is 0 Å². The molecule has 0 aliphatic heterocycles. The van der Waals surface area contributed by atoms with Gasteiger partial charge in [-0.1, -0.05) is 11.6 Å². The van der Waals surface area contributed by atoms with E-state index in [1.165, 1.54) is 6.92 Å². The van der Waals surface area contributed by atoms with Crippen molar-refractivity contribution in [2.45, 2.75) is 33.7 Å². The van der Waals surface area contributed by atoms with Crippen molar-refractivity contribution in [2.75, 3.05) is 11.9 Å². The lowest BCUT2D eigenvalue weighted by Crippen LogP contribution is -2.18. The Balaban J connectivity index is 2.40. The molecule has 3 N–H and O–H groups in total. The van der Waals surface area contributed by atoms with Crippen LogP contribution in [-0.4, -0.2) is 33.1 Å². The predicted molar refractivity (Wildman–Crippen MR) is 88.4 cm³/mol. The zero-order valence-corrected chi connectivity index (χ0v) is 13.7. The Labute approximate surface area is 133 Å². The molecule has 0 atom stereocenters. The molecule has 2 aromatic rings. The van der Waals surface area contributed by atoms with Gasteiger partial charge in [0, 0.05) is 19.0 Å². The average molecular weight is 323 g/mol. The number of aryl methyl sites for hydroxylation is 1. The summed E-state index contributed by atoms with van der Waals surface area (Å²) in [6.45, 7) is 7.58. The molecule has 0 bridgehead atoms. The minimum atomic E-state index is -0.0408. The third-order valence-electron chi connectivity index (χ3n) is 3.00. The van der Waals surface area contributed by atoms with Gasteiger partial charge in [0.2, 0.25) is 5.90 Å². The Bertz CT molecular complexity index is 736. The van der Waals surface area contributed by atoms with Gasteiger partial charge in [0.05, 0.1) is 17.9 Å². The smallest absolute Gasteiger partial charge is 0.208 e. The van der Waals surface area contributed by atoms with E-state index in [9.17, 15) is 0 Å². The monoisotopic (exact) mass is 322 g/mol. The first-order chi connectivity index (χ1) is 10.3. The SMILES string of the molecule is CC(=N)OC(=N)CNc1cc(Cl)nc2c(C)nn(C(C)C)c12. The molecule has 0 radical (unpaired) electrons. The molecular weight excluding hydrogens is 304 g/mol. The molecule has 8 heteroatoms. The van der Waals surface area contributed by atoms with Crippen LogP contribution < -0.4 is 5.32 Å². The van der Waals surface area contributed by atoms with Crippen molar-refractivity contribution in [3.8, 4) is 0 Å². The molecule has 0 aliphatic rings. The van der Waals surface area contributed by atoms with Crippen molar-refractivity contribution in [3.05, 3.63) is 16.9 Å². The first kappa shape index (κ1) is 16.2.